The third-order valence-corrected chi connectivity index (χ3v) is 5.41. The summed E-state index contributed by atoms with van der Waals surface area (Å²) >= 11 is 0. The fourth-order valence-corrected chi connectivity index (χ4v) is 3.79. The molecule has 3 aromatic rings. The van der Waals surface area contributed by atoms with Gasteiger partial charge in [0, 0.05) is 6.42 Å². The van der Waals surface area contributed by atoms with Crippen molar-refractivity contribution in [3.8, 4) is 0 Å². The number of aromatic amines is 1. The molecule has 0 saturated heterocycles. The minimum absolute atomic E-state index is 0.0940. The van der Waals surface area contributed by atoms with Crippen LogP contribution in [0.3, 0.4) is 0 Å². The SMILES string of the molecule is CCOC(=O)C1=NN(c2ccccc2)C(C(=O)NC(c2nc3ccccc3[nH]2)C(C)C)C1. The van der Waals surface area contributed by atoms with Gasteiger partial charge in [-0.1, -0.05) is 44.2 Å². The van der Waals surface area contributed by atoms with Gasteiger partial charge in [0.25, 0.3) is 0 Å². The van der Waals surface area contributed by atoms with E-state index in [0.29, 0.717) is 5.82 Å². The van der Waals surface area contributed by atoms with Crippen LogP contribution in [0.4, 0.5) is 5.69 Å². The van der Waals surface area contributed by atoms with E-state index in [-0.39, 0.29) is 36.6 Å². The molecule has 4 rings (SSSR count). The summed E-state index contributed by atoms with van der Waals surface area (Å²) in [6.07, 6.45) is 0.171. The average molecular weight is 434 g/mol. The number of aromatic nitrogens is 2. The molecule has 2 aromatic carbocycles. The normalized spacial score (nSPS) is 16.8. The summed E-state index contributed by atoms with van der Waals surface area (Å²) in [6, 6.07) is 16.1. The predicted molar refractivity (Wildman–Crippen MR) is 123 cm³/mol. The van der Waals surface area contributed by atoms with Crippen LogP contribution in [0.1, 0.15) is 39.1 Å². The van der Waals surface area contributed by atoms with Crippen molar-refractivity contribution in [2.75, 3.05) is 11.6 Å². The molecule has 32 heavy (non-hydrogen) atoms. The quantitative estimate of drug-likeness (QED) is 0.555. The van der Waals surface area contributed by atoms with Crippen LogP contribution in [0.25, 0.3) is 11.0 Å². The highest BCUT2D eigenvalue weighted by Gasteiger charge is 2.38. The summed E-state index contributed by atoms with van der Waals surface area (Å²) in [4.78, 5) is 33.7. The molecular formula is C24H27N5O3. The number of esters is 1. The maximum Gasteiger partial charge on any atom is 0.354 e. The zero-order valence-electron chi connectivity index (χ0n) is 18.4. The maximum absolute atomic E-state index is 13.4. The molecule has 1 amide bonds. The Bertz CT molecular complexity index is 1110. The van der Waals surface area contributed by atoms with Gasteiger partial charge in [-0.3, -0.25) is 9.80 Å². The topological polar surface area (TPSA) is 99.7 Å². The Morgan fingerprint density at radius 1 is 1.16 bits per heavy atom. The van der Waals surface area contributed by atoms with Crippen LogP contribution in [0, 0.1) is 5.92 Å². The van der Waals surface area contributed by atoms with E-state index in [0.717, 1.165) is 16.7 Å². The van der Waals surface area contributed by atoms with Crippen molar-refractivity contribution in [2.45, 2.75) is 39.3 Å². The number of rotatable bonds is 7. The van der Waals surface area contributed by atoms with Crippen molar-refractivity contribution in [3.05, 3.63) is 60.4 Å². The van der Waals surface area contributed by atoms with Gasteiger partial charge >= 0.3 is 5.97 Å². The van der Waals surface area contributed by atoms with Crippen molar-refractivity contribution in [2.24, 2.45) is 11.0 Å². The molecule has 0 saturated carbocycles. The van der Waals surface area contributed by atoms with Gasteiger partial charge in [0.05, 0.1) is 29.4 Å². The zero-order valence-corrected chi connectivity index (χ0v) is 18.4. The van der Waals surface area contributed by atoms with Crippen LogP contribution >= 0.6 is 0 Å². The number of carbonyl (C=O) groups is 2. The highest BCUT2D eigenvalue weighted by atomic mass is 16.5. The van der Waals surface area contributed by atoms with E-state index in [1.165, 1.54) is 0 Å². The molecule has 166 valence electrons. The van der Waals surface area contributed by atoms with E-state index >= 15 is 0 Å². The first-order valence-electron chi connectivity index (χ1n) is 10.8. The molecule has 1 aliphatic rings. The first-order chi connectivity index (χ1) is 15.5. The Labute approximate surface area is 186 Å². The van der Waals surface area contributed by atoms with E-state index in [2.05, 4.69) is 20.4 Å². The summed E-state index contributed by atoms with van der Waals surface area (Å²) in [7, 11) is 0. The lowest BCUT2D eigenvalue weighted by Crippen LogP contribution is -2.45. The average Bonchev–Trinajstić information content (AvgIpc) is 3.42. The molecule has 2 atom stereocenters. The van der Waals surface area contributed by atoms with Crippen LogP contribution in [0.5, 0.6) is 0 Å². The third kappa shape index (κ3) is 4.34. The van der Waals surface area contributed by atoms with Gasteiger partial charge in [0.15, 0.2) is 0 Å². The Balaban J connectivity index is 1.60. The number of fused-ring (bicyclic) bond motifs is 1. The number of imidazole rings is 1. The number of hydrogen-bond donors (Lipinski definition) is 2. The lowest BCUT2D eigenvalue weighted by atomic mass is 10.0. The fraction of sp³-hybridized carbons (Fsp3) is 0.333. The van der Waals surface area contributed by atoms with Crippen LogP contribution in [-0.4, -0.2) is 40.2 Å². The van der Waals surface area contributed by atoms with Crippen LogP contribution < -0.4 is 10.3 Å². The van der Waals surface area contributed by atoms with E-state index in [4.69, 9.17) is 4.74 Å². The second-order valence-corrected chi connectivity index (χ2v) is 8.04. The summed E-state index contributed by atoms with van der Waals surface area (Å²) in [5, 5.41) is 9.15. The molecule has 0 aliphatic carbocycles. The number of carbonyl (C=O) groups excluding carboxylic acids is 2. The number of hydrazone groups is 1. The van der Waals surface area contributed by atoms with E-state index < -0.39 is 12.0 Å². The lowest BCUT2D eigenvalue weighted by Gasteiger charge is -2.26. The Morgan fingerprint density at radius 2 is 1.88 bits per heavy atom. The minimum atomic E-state index is -0.664. The Morgan fingerprint density at radius 3 is 2.56 bits per heavy atom. The standard InChI is InChI=1S/C24H27N5O3/c1-4-32-24(31)19-14-20(29(28-19)16-10-6-5-7-11-16)23(30)27-21(15(2)3)22-25-17-12-8-9-13-18(17)26-22/h5-13,15,20-21H,4,14H2,1-3H3,(H,25,26)(H,27,30). The summed E-state index contributed by atoms with van der Waals surface area (Å²) in [5.41, 5.74) is 2.74. The van der Waals surface area contributed by atoms with E-state index in [1.807, 2.05) is 68.4 Å². The summed E-state index contributed by atoms with van der Waals surface area (Å²) in [5.74, 6) is 0.0689. The molecule has 8 heteroatoms. The highest BCUT2D eigenvalue weighted by molar-refractivity contribution is 6.38. The number of hydrogen-bond acceptors (Lipinski definition) is 6. The first kappa shape index (κ1) is 21.5. The minimum Gasteiger partial charge on any atom is -0.461 e. The second-order valence-electron chi connectivity index (χ2n) is 8.04. The third-order valence-electron chi connectivity index (χ3n) is 5.41. The maximum atomic E-state index is 13.4. The van der Waals surface area contributed by atoms with Crippen LogP contribution in [-0.2, 0) is 14.3 Å². The molecule has 8 nitrogen and oxygen atoms in total. The van der Waals surface area contributed by atoms with Gasteiger partial charge in [-0.2, -0.15) is 5.10 Å². The second kappa shape index (κ2) is 9.21. The number of para-hydroxylation sites is 3. The molecular weight excluding hydrogens is 406 g/mol. The fourth-order valence-electron chi connectivity index (χ4n) is 3.79. The molecule has 1 aliphatic heterocycles. The van der Waals surface area contributed by atoms with Crippen molar-refractivity contribution in [1.82, 2.24) is 15.3 Å². The highest BCUT2D eigenvalue weighted by Crippen LogP contribution is 2.27. The molecule has 2 N–H and O–H groups in total. The van der Waals surface area contributed by atoms with Gasteiger partial charge < -0.3 is 15.0 Å². The Hall–Kier alpha value is -3.68. The van der Waals surface area contributed by atoms with Crippen molar-refractivity contribution < 1.29 is 14.3 Å². The van der Waals surface area contributed by atoms with Gasteiger partial charge in [0.1, 0.15) is 17.6 Å². The van der Waals surface area contributed by atoms with Crippen molar-refractivity contribution in [3.63, 3.8) is 0 Å². The van der Waals surface area contributed by atoms with E-state index in [1.54, 1.807) is 11.9 Å². The van der Waals surface area contributed by atoms with Crippen LogP contribution in [0.15, 0.2) is 59.7 Å². The van der Waals surface area contributed by atoms with Gasteiger partial charge in [-0.05, 0) is 37.1 Å². The number of H-pyrrole nitrogens is 1. The van der Waals surface area contributed by atoms with Gasteiger partial charge in [-0.15, -0.1) is 0 Å². The molecule has 0 spiro atoms. The summed E-state index contributed by atoms with van der Waals surface area (Å²) < 4.78 is 5.12. The zero-order chi connectivity index (χ0) is 22.7. The van der Waals surface area contributed by atoms with Crippen molar-refractivity contribution >= 4 is 34.3 Å². The smallest absolute Gasteiger partial charge is 0.354 e. The van der Waals surface area contributed by atoms with Crippen molar-refractivity contribution in [1.29, 1.82) is 0 Å². The summed E-state index contributed by atoms with van der Waals surface area (Å²) in [6.45, 7) is 6.05. The van der Waals surface area contributed by atoms with Gasteiger partial charge in [-0.25, -0.2) is 9.78 Å². The van der Waals surface area contributed by atoms with E-state index in [9.17, 15) is 9.59 Å². The molecule has 2 heterocycles. The molecule has 1 aromatic heterocycles. The lowest BCUT2D eigenvalue weighted by molar-refractivity contribution is -0.135. The predicted octanol–water partition coefficient (Wildman–Crippen LogP) is 3.57. The van der Waals surface area contributed by atoms with Crippen LogP contribution in [0.2, 0.25) is 0 Å². The molecule has 0 bridgehead atoms. The largest absolute Gasteiger partial charge is 0.461 e. The first-order valence-corrected chi connectivity index (χ1v) is 10.8. The number of nitrogens with one attached hydrogen (secondary N) is 2. The molecule has 2 unspecified atom stereocenters. The molecule has 0 fully saturated rings. The number of benzene rings is 2. The number of nitrogens with zero attached hydrogens (tertiary/aromatic N) is 3. The molecule has 0 radical (unpaired) electrons. The number of anilines is 1. The number of amides is 1. The van der Waals surface area contributed by atoms with Gasteiger partial charge in [0.2, 0.25) is 5.91 Å². The Kier molecular flexibility index (Phi) is 6.20. The number of ether oxygens (including phenoxy) is 1. The monoisotopic (exact) mass is 433 g/mol.